The average molecular weight is 667 g/mol. The molecule has 16 nitrogen and oxygen atoms in total. The first-order valence-electron chi connectivity index (χ1n) is 14.5. The highest BCUT2D eigenvalue weighted by molar-refractivity contribution is 5.90. The number of hydrogen-bond acceptors (Lipinski definition) is 13. The number of ether oxygens (including phenoxy) is 2. The minimum absolute atomic E-state index is 0.0489. The molecule has 0 amide bonds. The van der Waals surface area contributed by atoms with Crippen molar-refractivity contribution in [2.24, 2.45) is 16.5 Å². The topological polar surface area (TPSA) is 284 Å². The van der Waals surface area contributed by atoms with Gasteiger partial charge in [-0.05, 0) is 36.9 Å². The summed E-state index contributed by atoms with van der Waals surface area (Å²) in [5.41, 5.74) is 8.12. The number of aliphatic carboxylic acids is 1. The van der Waals surface area contributed by atoms with Crippen LogP contribution in [0.1, 0.15) is 17.0 Å². The number of guanidine groups is 1. The number of hydrogen-bond donors (Lipinski definition) is 10. The van der Waals surface area contributed by atoms with Crippen molar-refractivity contribution in [2.75, 3.05) is 20.1 Å². The molecule has 1 aliphatic heterocycles. The number of aromatic hydroxyl groups is 3. The number of carboxylic acids is 1. The third-order valence-corrected chi connectivity index (χ3v) is 8.07. The maximum absolute atomic E-state index is 14.3. The van der Waals surface area contributed by atoms with Crippen molar-refractivity contribution < 1.29 is 54.4 Å². The van der Waals surface area contributed by atoms with E-state index in [0.717, 1.165) is 11.6 Å². The minimum Gasteiger partial charge on any atom is -0.508 e. The van der Waals surface area contributed by atoms with Crippen molar-refractivity contribution in [1.82, 2.24) is 5.32 Å². The summed E-state index contributed by atoms with van der Waals surface area (Å²) in [5, 5.41) is 77.0. The van der Waals surface area contributed by atoms with Crippen LogP contribution in [0.3, 0.4) is 0 Å². The molecule has 1 fully saturated rings. The van der Waals surface area contributed by atoms with Crippen LogP contribution in [0.15, 0.2) is 74.9 Å². The van der Waals surface area contributed by atoms with Crippen LogP contribution >= 0.6 is 0 Å². The Morgan fingerprint density at radius 3 is 2.31 bits per heavy atom. The number of fused-ring (bicyclic) bond motifs is 1. The molecule has 0 spiro atoms. The second kappa shape index (κ2) is 13.4. The largest absolute Gasteiger partial charge is 0.508 e. The second-order valence-corrected chi connectivity index (χ2v) is 11.2. The molecule has 12 N–H and O–H groups in total. The fraction of sp³-hybridized carbons (Fsp3) is 0.281. The standard InChI is InChI=1S/C32H34N4O12/c1-35-12-17(14-5-3-2-4-6-14)20-23(39)21-18(46-25(20)15-7-9-16(37)10-8-15)11-19(22(38)24(21)40)47-30-28(42)32(45,13-36-31(33)34)27(41)26(48-30)29(43)44/h2-11,17,26-28,30,35,37-38,40-42,45H,12-13H2,1H3,(H,43,44)(H4,33,34,36). The van der Waals surface area contributed by atoms with E-state index >= 15 is 0 Å². The van der Waals surface area contributed by atoms with Crippen LogP contribution in [-0.2, 0) is 9.53 Å². The summed E-state index contributed by atoms with van der Waals surface area (Å²) in [6, 6.07) is 15.8. The Kier molecular flexibility index (Phi) is 9.47. The van der Waals surface area contributed by atoms with Crippen LogP contribution in [0.2, 0.25) is 0 Å². The zero-order valence-corrected chi connectivity index (χ0v) is 25.3. The average Bonchev–Trinajstić information content (AvgIpc) is 3.06. The Labute approximate surface area is 271 Å². The van der Waals surface area contributed by atoms with Gasteiger partial charge in [-0.25, -0.2) is 4.79 Å². The molecule has 16 heteroatoms. The predicted octanol–water partition coefficient (Wildman–Crippen LogP) is -0.157. The number of benzene rings is 3. The summed E-state index contributed by atoms with van der Waals surface area (Å²) >= 11 is 0. The van der Waals surface area contributed by atoms with Crippen molar-refractivity contribution in [3.63, 3.8) is 0 Å². The summed E-state index contributed by atoms with van der Waals surface area (Å²) in [6.07, 6.45) is -8.74. The van der Waals surface area contributed by atoms with Crippen molar-refractivity contribution in [1.29, 1.82) is 0 Å². The number of nitrogens with two attached hydrogens (primary N) is 2. The van der Waals surface area contributed by atoms with E-state index in [2.05, 4.69) is 10.3 Å². The van der Waals surface area contributed by atoms with Gasteiger partial charge in [0.05, 0.1) is 12.1 Å². The summed E-state index contributed by atoms with van der Waals surface area (Å²) in [5.74, 6) is -5.54. The van der Waals surface area contributed by atoms with Gasteiger partial charge in [-0.15, -0.1) is 0 Å². The number of nitrogens with one attached hydrogen (secondary N) is 1. The Morgan fingerprint density at radius 2 is 1.71 bits per heavy atom. The minimum atomic E-state index is -2.72. The molecule has 6 atom stereocenters. The van der Waals surface area contributed by atoms with E-state index in [4.69, 9.17) is 25.4 Å². The van der Waals surface area contributed by atoms with E-state index in [-0.39, 0.29) is 29.2 Å². The molecule has 1 saturated heterocycles. The molecule has 0 saturated carbocycles. The number of carbonyl (C=O) groups is 1. The number of nitrogens with zero attached hydrogens (tertiary/aromatic N) is 1. The molecule has 5 rings (SSSR count). The van der Waals surface area contributed by atoms with E-state index < -0.39 is 82.7 Å². The lowest BCUT2D eigenvalue weighted by atomic mass is 9.84. The van der Waals surface area contributed by atoms with E-state index in [0.29, 0.717) is 5.56 Å². The first kappa shape index (κ1) is 34.0. The highest BCUT2D eigenvalue weighted by atomic mass is 16.7. The van der Waals surface area contributed by atoms with Gasteiger partial charge >= 0.3 is 5.97 Å². The monoisotopic (exact) mass is 666 g/mol. The fourth-order valence-electron chi connectivity index (χ4n) is 5.61. The SMILES string of the molecule is CNCC(c1ccccc1)c1c(-c2ccc(O)cc2)oc2cc(OC3OC(C(=O)O)C(O)C(O)(CN=C(N)N)C3O)c(O)c(O)c2c1=O. The van der Waals surface area contributed by atoms with Gasteiger partial charge < -0.3 is 66.4 Å². The Bertz CT molecular complexity index is 1900. The molecule has 0 radical (unpaired) electrons. The summed E-state index contributed by atoms with van der Waals surface area (Å²) in [7, 11) is 1.69. The van der Waals surface area contributed by atoms with Gasteiger partial charge in [-0.1, -0.05) is 30.3 Å². The molecule has 0 bridgehead atoms. The Morgan fingerprint density at radius 1 is 1.04 bits per heavy atom. The zero-order valence-electron chi connectivity index (χ0n) is 25.3. The van der Waals surface area contributed by atoms with E-state index in [1.807, 2.05) is 18.2 Å². The Balaban J connectivity index is 1.69. The van der Waals surface area contributed by atoms with Crippen molar-refractivity contribution in [3.8, 4) is 34.3 Å². The van der Waals surface area contributed by atoms with Crippen LogP contribution in [0.25, 0.3) is 22.3 Å². The molecule has 4 aromatic rings. The number of likely N-dealkylation sites (N-methyl/N-ethyl adjacent to an activating group) is 1. The predicted molar refractivity (Wildman–Crippen MR) is 170 cm³/mol. The molecule has 3 aromatic carbocycles. The molecule has 6 unspecified atom stereocenters. The van der Waals surface area contributed by atoms with Crippen molar-refractivity contribution in [3.05, 3.63) is 82.0 Å². The number of phenolic OH excluding ortho intramolecular Hbond substituents is 3. The summed E-state index contributed by atoms with van der Waals surface area (Å²) in [4.78, 5) is 29.8. The third kappa shape index (κ3) is 6.17. The van der Waals surface area contributed by atoms with Gasteiger partial charge in [0, 0.05) is 24.1 Å². The lowest BCUT2D eigenvalue weighted by Gasteiger charge is -2.45. The number of aliphatic hydroxyl groups excluding tert-OH is 2. The maximum Gasteiger partial charge on any atom is 0.335 e. The van der Waals surface area contributed by atoms with Gasteiger partial charge in [0.15, 0.2) is 23.6 Å². The lowest BCUT2D eigenvalue weighted by molar-refractivity contribution is -0.303. The second-order valence-electron chi connectivity index (χ2n) is 11.2. The number of phenols is 3. The van der Waals surface area contributed by atoms with Gasteiger partial charge in [-0.3, -0.25) is 9.79 Å². The molecule has 0 aliphatic carbocycles. The smallest absolute Gasteiger partial charge is 0.335 e. The van der Waals surface area contributed by atoms with Gasteiger partial charge in [0.1, 0.15) is 40.3 Å². The highest BCUT2D eigenvalue weighted by Crippen LogP contribution is 2.45. The fourth-order valence-corrected chi connectivity index (χ4v) is 5.61. The maximum atomic E-state index is 14.3. The number of carboxylic acid groups (broad SMARTS) is 1. The van der Waals surface area contributed by atoms with E-state index in [1.54, 1.807) is 19.2 Å². The third-order valence-electron chi connectivity index (χ3n) is 8.07. The molecule has 1 aliphatic rings. The van der Waals surface area contributed by atoms with E-state index in [9.17, 15) is 45.3 Å². The van der Waals surface area contributed by atoms with Gasteiger partial charge in [-0.2, -0.15) is 0 Å². The first-order valence-corrected chi connectivity index (χ1v) is 14.5. The molecular formula is C32H34N4O12. The summed E-state index contributed by atoms with van der Waals surface area (Å²) in [6.45, 7) is -0.613. The van der Waals surface area contributed by atoms with Crippen molar-refractivity contribution >= 4 is 22.9 Å². The quantitative estimate of drug-likeness (QED) is 0.0598. The van der Waals surface area contributed by atoms with E-state index in [1.165, 1.54) is 24.3 Å². The summed E-state index contributed by atoms with van der Waals surface area (Å²) < 4.78 is 17.0. The molecule has 1 aromatic heterocycles. The van der Waals surface area contributed by atoms with Crippen LogP contribution < -0.4 is 26.9 Å². The van der Waals surface area contributed by atoms with Crippen LogP contribution in [0.5, 0.6) is 23.0 Å². The highest BCUT2D eigenvalue weighted by Gasteiger charge is 2.58. The van der Waals surface area contributed by atoms with Crippen molar-refractivity contribution in [2.45, 2.75) is 36.1 Å². The zero-order chi connectivity index (χ0) is 34.9. The number of rotatable bonds is 10. The normalized spacial score (nSPS) is 23.0. The molecule has 48 heavy (non-hydrogen) atoms. The number of aliphatic imine (C=N–C) groups is 1. The van der Waals surface area contributed by atoms with Gasteiger partial charge in [0.2, 0.25) is 17.5 Å². The first-order chi connectivity index (χ1) is 22.8. The van der Waals surface area contributed by atoms with Crippen LogP contribution in [0, 0.1) is 0 Å². The molecule has 2 heterocycles. The van der Waals surface area contributed by atoms with Crippen LogP contribution in [-0.4, -0.2) is 98.0 Å². The van der Waals surface area contributed by atoms with Crippen LogP contribution in [0.4, 0.5) is 0 Å². The number of aliphatic hydroxyl groups is 3. The molecule has 254 valence electrons. The Hall–Kier alpha value is -5.39. The lowest BCUT2D eigenvalue weighted by Crippen LogP contribution is -2.70. The van der Waals surface area contributed by atoms with Gasteiger partial charge in [0.25, 0.3) is 0 Å². The molecular weight excluding hydrogens is 632 g/mol.